The van der Waals surface area contributed by atoms with E-state index >= 15 is 0 Å². The molecule has 192 valence electrons. The number of benzene rings is 2. The van der Waals surface area contributed by atoms with E-state index in [2.05, 4.69) is 9.71 Å². The van der Waals surface area contributed by atoms with Gasteiger partial charge in [-0.1, -0.05) is 23.5 Å². The lowest BCUT2D eigenvalue weighted by molar-refractivity contribution is 0.193. The molecule has 2 amide bonds. The zero-order chi connectivity index (χ0) is 25.7. The molecule has 36 heavy (non-hydrogen) atoms. The molecule has 3 aromatic rings. The molecule has 0 aliphatic carbocycles. The number of carbonyl (C=O) groups excluding carboxylic acids is 1. The van der Waals surface area contributed by atoms with E-state index in [1.807, 2.05) is 0 Å². The first-order valence-corrected chi connectivity index (χ1v) is 13.6. The molecule has 1 saturated heterocycles. The van der Waals surface area contributed by atoms with E-state index in [0.717, 1.165) is 37.5 Å². The minimum atomic E-state index is -1.41. The van der Waals surface area contributed by atoms with Crippen LogP contribution in [0.25, 0.3) is 11.1 Å². The molecule has 4 rings (SSSR count). The highest BCUT2D eigenvalue weighted by atomic mass is 32.2. The Hall–Kier alpha value is -2.73. The monoisotopic (exact) mass is 534 g/mol. The van der Waals surface area contributed by atoms with Crippen molar-refractivity contribution >= 4 is 39.2 Å². The first-order valence-electron chi connectivity index (χ1n) is 11.6. The number of carbonyl (C=O) groups is 1. The van der Waals surface area contributed by atoms with Crippen molar-refractivity contribution in [2.24, 2.45) is 0 Å². The van der Waals surface area contributed by atoms with E-state index in [4.69, 9.17) is 4.74 Å². The van der Waals surface area contributed by atoms with Crippen LogP contribution in [0.15, 0.2) is 46.7 Å². The number of hydrogen-bond acceptors (Lipinski definition) is 5. The summed E-state index contributed by atoms with van der Waals surface area (Å²) in [6.45, 7) is 4.07. The topological polar surface area (TPSA) is 74.8 Å². The van der Waals surface area contributed by atoms with Crippen molar-refractivity contribution in [3.05, 3.63) is 59.8 Å². The number of nitrogens with one attached hydrogen (secondary N) is 1. The number of nitrogens with zero attached hydrogens (tertiary/aromatic N) is 3. The first kappa shape index (κ1) is 26.3. The van der Waals surface area contributed by atoms with Gasteiger partial charge in [-0.25, -0.2) is 27.5 Å². The van der Waals surface area contributed by atoms with Gasteiger partial charge >= 0.3 is 6.03 Å². The zero-order valence-electron chi connectivity index (χ0n) is 20.1. The summed E-state index contributed by atoms with van der Waals surface area (Å²) in [5.41, 5.74) is 1.97. The van der Waals surface area contributed by atoms with Crippen LogP contribution in [-0.4, -0.2) is 48.6 Å². The third kappa shape index (κ3) is 5.97. The number of hydrogen-bond donors (Lipinski definition) is 1. The Morgan fingerprint density at radius 1 is 1.11 bits per heavy atom. The molecular formula is C25H28F2N4O3S2. The Kier molecular flexibility index (Phi) is 8.78. The first-order chi connectivity index (χ1) is 17.4. The number of anilines is 2. The largest absolute Gasteiger partial charge is 0.385 e. The fourth-order valence-corrected chi connectivity index (χ4v) is 6.24. The highest BCUT2D eigenvalue weighted by molar-refractivity contribution is 7.85. The van der Waals surface area contributed by atoms with Crippen LogP contribution in [0.4, 0.5) is 24.4 Å². The lowest BCUT2D eigenvalue weighted by atomic mass is 10.0. The average molecular weight is 535 g/mol. The minimum Gasteiger partial charge on any atom is -0.385 e. The van der Waals surface area contributed by atoms with Gasteiger partial charge in [0.05, 0.1) is 5.69 Å². The van der Waals surface area contributed by atoms with E-state index in [1.54, 1.807) is 48.1 Å². The van der Waals surface area contributed by atoms with E-state index in [-0.39, 0.29) is 11.6 Å². The third-order valence-corrected chi connectivity index (χ3v) is 8.57. The molecule has 1 aliphatic rings. The fourth-order valence-electron chi connectivity index (χ4n) is 3.94. The van der Waals surface area contributed by atoms with Crippen LogP contribution in [-0.2, 0) is 15.7 Å². The van der Waals surface area contributed by atoms with Crippen LogP contribution in [0.1, 0.15) is 25.0 Å². The molecule has 1 N–H and O–H groups in total. The highest BCUT2D eigenvalue weighted by Crippen LogP contribution is 2.32. The highest BCUT2D eigenvalue weighted by Gasteiger charge is 2.31. The van der Waals surface area contributed by atoms with Crippen LogP contribution < -0.4 is 14.5 Å². The number of aryl methyl sites for hydroxylation is 1. The molecule has 1 aliphatic heterocycles. The minimum absolute atomic E-state index is 0.166. The van der Waals surface area contributed by atoms with Crippen LogP contribution in [0.3, 0.4) is 0 Å². The molecule has 0 radical (unpaired) electrons. The van der Waals surface area contributed by atoms with Gasteiger partial charge in [-0.2, -0.15) is 0 Å². The van der Waals surface area contributed by atoms with Gasteiger partial charge < -0.3 is 4.74 Å². The number of halogens is 2. The summed E-state index contributed by atoms with van der Waals surface area (Å²) in [7, 11) is 0.244. The predicted octanol–water partition coefficient (Wildman–Crippen LogP) is 5.27. The van der Waals surface area contributed by atoms with Crippen LogP contribution in [0.2, 0.25) is 0 Å². The van der Waals surface area contributed by atoms with Gasteiger partial charge in [-0.05, 0) is 62.1 Å². The summed E-state index contributed by atoms with van der Waals surface area (Å²) in [4.78, 5) is 21.1. The Balaban J connectivity index is 1.46. The fraction of sp³-hybridized carbons (Fsp3) is 0.360. The van der Waals surface area contributed by atoms with Crippen molar-refractivity contribution in [2.45, 2.75) is 30.4 Å². The molecule has 2 heterocycles. The molecule has 1 unspecified atom stereocenters. The summed E-state index contributed by atoms with van der Waals surface area (Å²) in [6, 6.07) is 9.89. The van der Waals surface area contributed by atoms with Crippen molar-refractivity contribution in [3.63, 3.8) is 0 Å². The second kappa shape index (κ2) is 12.0. The van der Waals surface area contributed by atoms with Gasteiger partial charge in [-0.3, -0.25) is 9.80 Å². The Bertz CT molecular complexity index is 1240. The number of unbranched alkanes of at least 4 members (excludes halogenated alkanes) is 1. The molecule has 1 atom stereocenters. The second-order valence-electron chi connectivity index (χ2n) is 8.34. The average Bonchev–Trinajstić information content (AvgIpc) is 3.27. The molecule has 0 bridgehead atoms. The van der Waals surface area contributed by atoms with Crippen molar-refractivity contribution < 1.29 is 22.5 Å². The summed E-state index contributed by atoms with van der Waals surface area (Å²) in [5, 5.41) is 0.505. The van der Waals surface area contributed by atoms with Crippen LogP contribution in [0.5, 0.6) is 0 Å². The maximum absolute atomic E-state index is 14.1. The molecule has 7 nitrogen and oxygen atoms in total. The van der Waals surface area contributed by atoms with Gasteiger partial charge in [-0.15, -0.1) is 0 Å². The molecular weight excluding hydrogens is 506 g/mol. The second-order valence-corrected chi connectivity index (χ2v) is 10.8. The van der Waals surface area contributed by atoms with Gasteiger partial charge in [0.1, 0.15) is 26.8 Å². The van der Waals surface area contributed by atoms with Crippen molar-refractivity contribution in [1.29, 1.82) is 0 Å². The van der Waals surface area contributed by atoms with Crippen molar-refractivity contribution in [2.75, 3.05) is 43.2 Å². The van der Waals surface area contributed by atoms with E-state index < -0.39 is 22.6 Å². The van der Waals surface area contributed by atoms with Gasteiger partial charge in [0, 0.05) is 44.6 Å². The molecule has 2 aromatic carbocycles. The number of ether oxygens (including phenoxy) is 1. The normalized spacial score (nSPS) is 14.9. The third-order valence-electron chi connectivity index (χ3n) is 5.79. The van der Waals surface area contributed by atoms with Crippen molar-refractivity contribution in [1.82, 2.24) is 9.71 Å². The number of urea groups is 1. The molecule has 11 heteroatoms. The van der Waals surface area contributed by atoms with E-state index in [9.17, 15) is 17.8 Å². The summed E-state index contributed by atoms with van der Waals surface area (Å²) in [6.07, 6.45) is 2.44. The predicted molar refractivity (Wildman–Crippen MR) is 139 cm³/mol. The number of aromatic nitrogens is 1. The number of rotatable bonds is 10. The SMILES string of the molecule is COCCCCNS(=O)c1sc(N2CCCN(c3ccc(-c4cc(F)ccc4F)cc3)C2=O)nc1C. The standard InChI is InChI=1S/C25H28F2N4O3S2/c1-17-23(36(33)28-12-3-4-15-34-2)35-24(29-17)31-14-5-13-30(25(31)32)20-9-6-18(7-10-20)21-16-19(26)8-11-22(21)27/h6-11,16,28H,3-5,12-15H2,1-2H3. The summed E-state index contributed by atoms with van der Waals surface area (Å²) < 4.78 is 49.1. The van der Waals surface area contributed by atoms with E-state index in [0.29, 0.717) is 52.5 Å². The smallest absolute Gasteiger partial charge is 0.330 e. The maximum atomic E-state index is 14.1. The molecule has 0 spiro atoms. The molecule has 1 aromatic heterocycles. The Morgan fingerprint density at radius 3 is 2.61 bits per heavy atom. The van der Waals surface area contributed by atoms with Crippen LogP contribution >= 0.6 is 11.3 Å². The Morgan fingerprint density at radius 2 is 1.86 bits per heavy atom. The quantitative estimate of drug-likeness (QED) is 0.360. The van der Waals surface area contributed by atoms with Gasteiger partial charge in [0.15, 0.2) is 5.13 Å². The molecule has 0 saturated carbocycles. The van der Waals surface area contributed by atoms with Crippen LogP contribution in [0, 0.1) is 18.6 Å². The number of amides is 2. The number of thiazole rings is 1. The Labute approximate surface area is 215 Å². The lowest BCUT2D eigenvalue weighted by Gasteiger charge is -2.34. The van der Waals surface area contributed by atoms with Gasteiger partial charge in [0.25, 0.3) is 0 Å². The van der Waals surface area contributed by atoms with Crippen molar-refractivity contribution in [3.8, 4) is 11.1 Å². The summed E-state index contributed by atoms with van der Waals surface area (Å²) in [5.74, 6) is -1.03. The number of methoxy groups -OCH3 is 1. The summed E-state index contributed by atoms with van der Waals surface area (Å²) >= 11 is 1.25. The van der Waals surface area contributed by atoms with Gasteiger partial charge in [0.2, 0.25) is 0 Å². The molecule has 1 fully saturated rings. The maximum Gasteiger partial charge on any atom is 0.330 e. The zero-order valence-corrected chi connectivity index (χ0v) is 21.8. The van der Waals surface area contributed by atoms with E-state index in [1.165, 1.54) is 11.3 Å². The lowest BCUT2D eigenvalue weighted by Crippen LogP contribution is -2.49.